The summed E-state index contributed by atoms with van der Waals surface area (Å²) in [7, 11) is 0. The van der Waals surface area contributed by atoms with Gasteiger partial charge in [0.05, 0.1) is 6.54 Å². The largest absolute Gasteiger partial charge is 0.381 e. The molecular formula is C13H19ClIN3O. The Labute approximate surface area is 135 Å². The van der Waals surface area contributed by atoms with E-state index in [1.165, 1.54) is 0 Å². The molecule has 0 aliphatic carbocycles. The van der Waals surface area contributed by atoms with Crippen molar-refractivity contribution in [1.82, 2.24) is 0 Å². The molecule has 2 rings (SSSR count). The van der Waals surface area contributed by atoms with Gasteiger partial charge in [-0.15, -0.1) is 24.0 Å². The second kappa shape index (κ2) is 7.31. The summed E-state index contributed by atoms with van der Waals surface area (Å²) in [6, 6.07) is 7.88. The molecule has 1 aliphatic rings. The van der Waals surface area contributed by atoms with Gasteiger partial charge in [0.2, 0.25) is 0 Å². The number of hydrogen-bond donors (Lipinski definition) is 2. The van der Waals surface area contributed by atoms with Gasteiger partial charge in [-0.3, -0.25) is 4.99 Å². The smallest absolute Gasteiger partial charge is 0.185 e. The van der Waals surface area contributed by atoms with E-state index in [9.17, 15) is 0 Å². The highest BCUT2D eigenvalue weighted by Gasteiger charge is 2.35. The average Bonchev–Trinajstić information content (AvgIpc) is 2.38. The lowest BCUT2D eigenvalue weighted by Crippen LogP contribution is -2.38. The monoisotopic (exact) mass is 395 g/mol. The maximum Gasteiger partial charge on any atom is 0.185 e. The summed E-state index contributed by atoms with van der Waals surface area (Å²) >= 11 is 6.31. The zero-order chi connectivity index (χ0) is 13.0. The molecule has 6 heteroatoms. The maximum absolute atomic E-state index is 6.31. The molecule has 19 heavy (non-hydrogen) atoms. The van der Waals surface area contributed by atoms with E-state index < -0.39 is 0 Å². The van der Waals surface area contributed by atoms with E-state index in [-0.39, 0.29) is 35.4 Å². The van der Waals surface area contributed by atoms with Gasteiger partial charge in [-0.2, -0.15) is 0 Å². The number of aliphatic imine (C=N–C) groups is 1. The fourth-order valence-electron chi connectivity index (χ4n) is 2.41. The van der Waals surface area contributed by atoms with Gasteiger partial charge >= 0.3 is 0 Å². The summed E-state index contributed by atoms with van der Waals surface area (Å²) in [5.74, 6) is 0.118. The summed E-state index contributed by atoms with van der Waals surface area (Å²) in [6.07, 6.45) is 1.76. The van der Waals surface area contributed by atoms with Crippen LogP contribution in [0.1, 0.15) is 18.4 Å². The fourth-order valence-corrected chi connectivity index (χ4v) is 2.74. The quantitative estimate of drug-likeness (QED) is 0.468. The Bertz CT molecular complexity index is 443. The lowest BCUT2D eigenvalue weighted by Gasteiger charge is -2.37. The van der Waals surface area contributed by atoms with Crippen molar-refractivity contribution in [3.05, 3.63) is 34.9 Å². The third kappa shape index (κ3) is 3.97. The first-order valence-corrected chi connectivity index (χ1v) is 6.40. The number of ether oxygens (including phenoxy) is 1. The first kappa shape index (κ1) is 16.5. The van der Waals surface area contributed by atoms with Crippen molar-refractivity contribution in [2.24, 2.45) is 16.5 Å². The highest BCUT2D eigenvalue weighted by molar-refractivity contribution is 14.0. The topological polar surface area (TPSA) is 73.6 Å². The SMILES string of the molecule is I.NC(N)=NCC1(c2ccccc2Cl)CCOCC1. The minimum absolute atomic E-state index is 0. The zero-order valence-corrected chi connectivity index (χ0v) is 13.7. The van der Waals surface area contributed by atoms with Crippen LogP contribution in [0.4, 0.5) is 0 Å². The molecule has 0 unspecified atom stereocenters. The Balaban J connectivity index is 0.00000180. The van der Waals surface area contributed by atoms with E-state index in [0.717, 1.165) is 23.4 Å². The first-order chi connectivity index (χ1) is 8.64. The molecule has 0 amide bonds. The lowest BCUT2D eigenvalue weighted by atomic mass is 9.74. The summed E-state index contributed by atoms with van der Waals surface area (Å²) in [5, 5.41) is 0.769. The van der Waals surface area contributed by atoms with Crippen molar-refractivity contribution in [3.63, 3.8) is 0 Å². The number of halogens is 2. The number of rotatable bonds is 3. The molecule has 0 radical (unpaired) electrons. The Kier molecular flexibility index (Phi) is 6.35. The minimum Gasteiger partial charge on any atom is -0.381 e. The van der Waals surface area contributed by atoms with E-state index in [2.05, 4.69) is 11.1 Å². The van der Waals surface area contributed by atoms with Crippen LogP contribution in [0.5, 0.6) is 0 Å². The number of nitrogens with zero attached hydrogens (tertiary/aromatic N) is 1. The number of benzene rings is 1. The van der Waals surface area contributed by atoms with E-state index in [4.69, 9.17) is 27.8 Å². The van der Waals surface area contributed by atoms with Crippen LogP contribution >= 0.6 is 35.6 Å². The summed E-state index contributed by atoms with van der Waals surface area (Å²) in [6.45, 7) is 1.98. The van der Waals surface area contributed by atoms with Gasteiger partial charge in [-0.05, 0) is 24.5 Å². The third-order valence-electron chi connectivity index (χ3n) is 3.46. The molecule has 0 saturated carbocycles. The fraction of sp³-hybridized carbons (Fsp3) is 0.462. The standard InChI is InChI=1S/C13H18ClN3O.HI/c14-11-4-2-1-3-10(11)13(9-17-12(15)16)5-7-18-8-6-13;/h1-4H,5-9H2,(H4,15,16,17);1H. The van der Waals surface area contributed by atoms with Gasteiger partial charge in [0.15, 0.2) is 5.96 Å². The van der Waals surface area contributed by atoms with Gasteiger partial charge in [0.1, 0.15) is 0 Å². The van der Waals surface area contributed by atoms with Gasteiger partial charge in [-0.1, -0.05) is 29.8 Å². The molecule has 1 aliphatic heterocycles. The van der Waals surface area contributed by atoms with Crippen LogP contribution in [0.25, 0.3) is 0 Å². The molecule has 1 aromatic carbocycles. The number of guanidine groups is 1. The van der Waals surface area contributed by atoms with Crippen LogP contribution in [0.2, 0.25) is 5.02 Å². The van der Waals surface area contributed by atoms with E-state index in [1.54, 1.807) is 0 Å². The molecule has 0 bridgehead atoms. The third-order valence-corrected chi connectivity index (χ3v) is 3.79. The maximum atomic E-state index is 6.31. The molecule has 0 spiro atoms. The Morgan fingerprint density at radius 1 is 1.26 bits per heavy atom. The van der Waals surface area contributed by atoms with Crippen molar-refractivity contribution in [3.8, 4) is 0 Å². The molecule has 1 aromatic rings. The van der Waals surface area contributed by atoms with Crippen molar-refractivity contribution in [2.75, 3.05) is 19.8 Å². The van der Waals surface area contributed by atoms with Gasteiger partial charge < -0.3 is 16.2 Å². The molecule has 1 heterocycles. The molecule has 4 nitrogen and oxygen atoms in total. The lowest BCUT2D eigenvalue weighted by molar-refractivity contribution is 0.0531. The first-order valence-electron chi connectivity index (χ1n) is 6.02. The Morgan fingerprint density at radius 2 is 1.89 bits per heavy atom. The normalized spacial score (nSPS) is 17.3. The molecular weight excluding hydrogens is 377 g/mol. The summed E-state index contributed by atoms with van der Waals surface area (Å²) < 4.78 is 5.44. The highest BCUT2D eigenvalue weighted by atomic mass is 127. The van der Waals surface area contributed by atoms with Gasteiger partial charge in [0.25, 0.3) is 0 Å². The van der Waals surface area contributed by atoms with Crippen LogP contribution < -0.4 is 11.5 Å². The number of nitrogens with two attached hydrogens (primary N) is 2. The van der Waals surface area contributed by atoms with E-state index >= 15 is 0 Å². The predicted octanol–water partition coefficient (Wildman–Crippen LogP) is 2.28. The molecule has 4 N–H and O–H groups in total. The van der Waals surface area contributed by atoms with Crippen LogP contribution in [0.15, 0.2) is 29.3 Å². The Hall–Kier alpha value is -0.530. The highest BCUT2D eigenvalue weighted by Crippen LogP contribution is 2.38. The predicted molar refractivity (Wildman–Crippen MR) is 89.3 cm³/mol. The Morgan fingerprint density at radius 3 is 2.47 bits per heavy atom. The number of hydrogen-bond acceptors (Lipinski definition) is 2. The molecule has 1 saturated heterocycles. The van der Waals surface area contributed by atoms with Gasteiger partial charge in [-0.25, -0.2) is 0 Å². The minimum atomic E-state index is -0.111. The van der Waals surface area contributed by atoms with Gasteiger partial charge in [0, 0.05) is 23.7 Å². The van der Waals surface area contributed by atoms with E-state index in [1.807, 2.05) is 18.2 Å². The summed E-state index contributed by atoms with van der Waals surface area (Å²) in [5.41, 5.74) is 11.9. The average molecular weight is 396 g/mol. The van der Waals surface area contributed by atoms with Crippen molar-refractivity contribution >= 4 is 41.5 Å². The molecule has 0 atom stereocenters. The van der Waals surface area contributed by atoms with Crippen molar-refractivity contribution < 1.29 is 4.74 Å². The van der Waals surface area contributed by atoms with Crippen LogP contribution in [0, 0.1) is 0 Å². The van der Waals surface area contributed by atoms with Crippen LogP contribution in [0.3, 0.4) is 0 Å². The van der Waals surface area contributed by atoms with E-state index in [0.29, 0.717) is 19.8 Å². The van der Waals surface area contributed by atoms with Crippen LogP contribution in [-0.4, -0.2) is 25.7 Å². The molecule has 106 valence electrons. The second-order valence-electron chi connectivity index (χ2n) is 4.61. The second-order valence-corrected chi connectivity index (χ2v) is 5.02. The van der Waals surface area contributed by atoms with Crippen LogP contribution in [-0.2, 0) is 10.2 Å². The van der Waals surface area contributed by atoms with Crippen molar-refractivity contribution in [2.45, 2.75) is 18.3 Å². The molecule has 1 fully saturated rings. The van der Waals surface area contributed by atoms with Crippen molar-refractivity contribution in [1.29, 1.82) is 0 Å². The zero-order valence-electron chi connectivity index (χ0n) is 10.6. The summed E-state index contributed by atoms with van der Waals surface area (Å²) in [4.78, 5) is 4.20. The molecule has 0 aromatic heterocycles.